The molecule has 2 heteroatoms. The van der Waals surface area contributed by atoms with E-state index in [4.69, 9.17) is 0 Å². The first-order valence-electron chi connectivity index (χ1n) is 10.1. The molecular weight excluding hydrogens is 320 g/mol. The Morgan fingerprint density at radius 2 is 2.15 bits per heavy atom. The van der Waals surface area contributed by atoms with Crippen molar-refractivity contribution in [2.24, 2.45) is 34.5 Å². The summed E-state index contributed by atoms with van der Waals surface area (Å²) in [5.74, 6) is 2.17. The Kier molecular flexibility index (Phi) is 5.18. The van der Waals surface area contributed by atoms with E-state index in [-0.39, 0.29) is 17.4 Å². The molecule has 6 atom stereocenters. The van der Waals surface area contributed by atoms with Gasteiger partial charge in [-0.2, -0.15) is 0 Å². The fourth-order valence-electron chi connectivity index (χ4n) is 6.84. The summed E-state index contributed by atoms with van der Waals surface area (Å²) in [6.45, 7) is 13.4. The Labute approximate surface area is 158 Å². The van der Waals surface area contributed by atoms with Crippen molar-refractivity contribution in [2.45, 2.75) is 53.4 Å². The number of aliphatic hydroxyl groups is 1. The largest absolute Gasteiger partial charge is 0.392 e. The number of carbonyl (C=O) groups is 1. The number of aliphatic hydroxyl groups excluding tert-OH is 1. The van der Waals surface area contributed by atoms with Crippen LogP contribution in [0.25, 0.3) is 0 Å². The molecule has 26 heavy (non-hydrogen) atoms. The monoisotopic (exact) mass is 354 g/mol. The Morgan fingerprint density at radius 1 is 1.42 bits per heavy atom. The van der Waals surface area contributed by atoms with Crippen molar-refractivity contribution in [3.63, 3.8) is 0 Å². The minimum Gasteiger partial charge on any atom is -0.392 e. The minimum atomic E-state index is -0.130. The highest BCUT2D eigenvalue weighted by Gasteiger charge is 2.57. The molecule has 2 saturated carbocycles. The number of fused-ring (bicyclic) bond motifs is 3. The number of rotatable bonds is 4. The van der Waals surface area contributed by atoms with E-state index in [1.54, 1.807) is 6.08 Å². The lowest BCUT2D eigenvalue weighted by molar-refractivity contribution is -0.104. The minimum absolute atomic E-state index is 0.0983. The van der Waals surface area contributed by atoms with E-state index in [0.29, 0.717) is 23.7 Å². The lowest BCUT2D eigenvalue weighted by atomic mass is 9.52. The Hall–Kier alpha value is -1.41. The van der Waals surface area contributed by atoms with Crippen molar-refractivity contribution in [2.75, 3.05) is 6.61 Å². The molecule has 0 heterocycles. The van der Waals surface area contributed by atoms with E-state index in [9.17, 15) is 9.90 Å². The molecule has 0 aromatic heterocycles. The summed E-state index contributed by atoms with van der Waals surface area (Å²) in [4.78, 5) is 11.2. The second-order valence-corrected chi connectivity index (χ2v) is 9.16. The van der Waals surface area contributed by atoms with E-state index in [1.807, 2.05) is 0 Å². The number of allylic oxidation sites excluding steroid dienone is 6. The lowest BCUT2D eigenvalue weighted by Crippen LogP contribution is -2.43. The third-order valence-corrected chi connectivity index (χ3v) is 7.80. The Balaban J connectivity index is 2.06. The Morgan fingerprint density at radius 3 is 2.77 bits per heavy atom. The quantitative estimate of drug-likeness (QED) is 0.425. The average Bonchev–Trinajstić information content (AvgIpc) is 2.87. The van der Waals surface area contributed by atoms with Crippen LogP contribution < -0.4 is 0 Å². The molecule has 0 spiro atoms. The zero-order valence-electron chi connectivity index (χ0n) is 16.8. The van der Waals surface area contributed by atoms with Gasteiger partial charge in [0, 0.05) is 5.41 Å². The molecule has 2 fully saturated rings. The van der Waals surface area contributed by atoms with Crippen molar-refractivity contribution in [3.8, 4) is 0 Å². The molecule has 1 N–H and O–H groups in total. The number of carbonyl (C=O) groups excluding carboxylic acids is 1. The van der Waals surface area contributed by atoms with Gasteiger partial charge in [-0.25, -0.2) is 0 Å². The van der Waals surface area contributed by atoms with Gasteiger partial charge in [0.25, 0.3) is 0 Å². The molecule has 3 rings (SSSR count). The number of aldehydes is 1. The SMILES string of the molecule is C=C(CO)C1[C@H](C)CC2C3CC/C(=C/C=O)C(C)(/C=C\C)C3=CCC21C. The first-order chi connectivity index (χ1) is 12.3. The zero-order chi connectivity index (χ0) is 19.1. The molecule has 5 unspecified atom stereocenters. The van der Waals surface area contributed by atoms with Gasteiger partial charge >= 0.3 is 0 Å². The van der Waals surface area contributed by atoms with Crippen LogP contribution in [0, 0.1) is 34.5 Å². The van der Waals surface area contributed by atoms with Crippen LogP contribution in [0.3, 0.4) is 0 Å². The second-order valence-electron chi connectivity index (χ2n) is 9.16. The van der Waals surface area contributed by atoms with Gasteiger partial charge in [0.2, 0.25) is 0 Å². The van der Waals surface area contributed by atoms with E-state index in [1.165, 1.54) is 17.6 Å². The molecule has 3 aliphatic carbocycles. The van der Waals surface area contributed by atoms with Crippen molar-refractivity contribution in [1.82, 2.24) is 0 Å². The predicted octanol–water partition coefficient (Wildman–Crippen LogP) is 5.26. The van der Waals surface area contributed by atoms with Gasteiger partial charge in [0.05, 0.1) is 6.61 Å². The van der Waals surface area contributed by atoms with Crippen molar-refractivity contribution in [3.05, 3.63) is 47.6 Å². The molecule has 0 amide bonds. The van der Waals surface area contributed by atoms with Gasteiger partial charge in [-0.15, -0.1) is 0 Å². The third kappa shape index (κ3) is 2.69. The van der Waals surface area contributed by atoms with E-state index >= 15 is 0 Å². The summed E-state index contributed by atoms with van der Waals surface area (Å²) in [5.41, 5.74) is 3.83. The van der Waals surface area contributed by atoms with Crippen LogP contribution in [0.4, 0.5) is 0 Å². The molecular formula is C24H34O2. The van der Waals surface area contributed by atoms with Gasteiger partial charge in [0.15, 0.2) is 0 Å². The molecule has 142 valence electrons. The highest BCUT2D eigenvalue weighted by molar-refractivity contribution is 5.68. The van der Waals surface area contributed by atoms with E-state index in [0.717, 1.165) is 31.1 Å². The molecule has 2 nitrogen and oxygen atoms in total. The summed E-state index contributed by atoms with van der Waals surface area (Å²) >= 11 is 0. The zero-order valence-corrected chi connectivity index (χ0v) is 16.8. The van der Waals surface area contributed by atoms with Crippen LogP contribution in [0.1, 0.15) is 53.4 Å². The van der Waals surface area contributed by atoms with E-state index < -0.39 is 0 Å². The molecule has 0 aromatic rings. The standard InChI is InChI=1S/C24H34O2/c1-6-11-23(4)18(10-13-25)7-8-19-20(23)9-12-24(5)21(19)14-16(2)22(24)17(3)15-26/h6,9-11,13,16,19,21-22,26H,3,7-8,12,14-15H2,1-2,4-5H3/b11-6-,18-10-/t16-,19?,21?,22?,23?,24?/m1/s1. The first kappa shape index (κ1) is 19.4. The summed E-state index contributed by atoms with van der Waals surface area (Å²) < 4.78 is 0. The fraction of sp³-hybridized carbons (Fsp3) is 0.625. The van der Waals surface area contributed by atoms with Gasteiger partial charge in [-0.05, 0) is 80.3 Å². The molecule has 3 aliphatic rings. The van der Waals surface area contributed by atoms with E-state index in [2.05, 4.69) is 52.5 Å². The van der Waals surface area contributed by atoms with Crippen LogP contribution in [0.2, 0.25) is 0 Å². The summed E-state index contributed by atoms with van der Waals surface area (Å²) in [5, 5.41) is 9.73. The van der Waals surface area contributed by atoms with Crippen LogP contribution in [0.5, 0.6) is 0 Å². The molecule has 0 radical (unpaired) electrons. The van der Waals surface area contributed by atoms with Crippen LogP contribution in [0.15, 0.2) is 47.6 Å². The van der Waals surface area contributed by atoms with Crippen molar-refractivity contribution < 1.29 is 9.90 Å². The van der Waals surface area contributed by atoms with Gasteiger partial charge < -0.3 is 5.11 Å². The van der Waals surface area contributed by atoms with Crippen LogP contribution >= 0.6 is 0 Å². The first-order valence-corrected chi connectivity index (χ1v) is 10.1. The van der Waals surface area contributed by atoms with Gasteiger partial charge in [-0.3, -0.25) is 4.79 Å². The average molecular weight is 355 g/mol. The maximum absolute atomic E-state index is 11.2. The maximum atomic E-state index is 11.2. The number of hydrogen-bond donors (Lipinski definition) is 1. The van der Waals surface area contributed by atoms with Crippen molar-refractivity contribution in [1.29, 1.82) is 0 Å². The highest BCUT2D eigenvalue weighted by Crippen LogP contribution is 2.65. The van der Waals surface area contributed by atoms with Crippen molar-refractivity contribution >= 4 is 6.29 Å². The summed E-state index contributed by atoms with van der Waals surface area (Å²) in [6, 6.07) is 0. The number of hydrogen-bond acceptors (Lipinski definition) is 2. The highest BCUT2D eigenvalue weighted by atomic mass is 16.3. The summed E-state index contributed by atoms with van der Waals surface area (Å²) in [6.07, 6.45) is 14.0. The second kappa shape index (κ2) is 6.96. The lowest BCUT2D eigenvalue weighted by Gasteiger charge is -2.52. The van der Waals surface area contributed by atoms with Gasteiger partial charge in [0.1, 0.15) is 6.29 Å². The topological polar surface area (TPSA) is 37.3 Å². The van der Waals surface area contributed by atoms with Crippen LogP contribution in [-0.2, 0) is 4.79 Å². The molecule has 0 aromatic carbocycles. The third-order valence-electron chi connectivity index (χ3n) is 7.80. The molecule has 0 bridgehead atoms. The smallest absolute Gasteiger partial charge is 0.142 e. The summed E-state index contributed by atoms with van der Waals surface area (Å²) in [7, 11) is 0. The molecule has 0 saturated heterocycles. The maximum Gasteiger partial charge on any atom is 0.142 e. The fourth-order valence-corrected chi connectivity index (χ4v) is 6.84. The normalized spacial score (nSPS) is 43.9. The predicted molar refractivity (Wildman–Crippen MR) is 108 cm³/mol. The Bertz CT molecular complexity index is 682. The molecule has 0 aliphatic heterocycles. The van der Waals surface area contributed by atoms with Gasteiger partial charge in [-0.1, -0.05) is 49.8 Å². The van der Waals surface area contributed by atoms with Crippen LogP contribution in [-0.4, -0.2) is 18.0 Å².